The Kier molecular flexibility index (Phi) is 6.94. The van der Waals surface area contributed by atoms with Gasteiger partial charge in [-0.25, -0.2) is 13.1 Å². The summed E-state index contributed by atoms with van der Waals surface area (Å²) < 4.78 is 37.8. The van der Waals surface area contributed by atoms with E-state index in [1.807, 2.05) is 0 Å². The molecule has 0 aromatic heterocycles. The van der Waals surface area contributed by atoms with Gasteiger partial charge in [0, 0.05) is 18.7 Å². The van der Waals surface area contributed by atoms with Crippen LogP contribution in [-0.4, -0.2) is 35.2 Å². The maximum absolute atomic E-state index is 12.5. The highest BCUT2D eigenvalue weighted by Crippen LogP contribution is 2.28. The number of benzene rings is 1. The number of hydrogen-bond donors (Lipinski definition) is 2. The molecule has 7 heteroatoms. The van der Waals surface area contributed by atoms with Gasteiger partial charge in [-0.1, -0.05) is 19.8 Å². The average Bonchev–Trinajstić information content (AvgIpc) is 2.50. The van der Waals surface area contributed by atoms with Crippen LogP contribution in [0.4, 0.5) is 0 Å². The van der Waals surface area contributed by atoms with Crippen LogP contribution in [-0.2, 0) is 10.0 Å². The molecule has 0 spiro atoms. The fourth-order valence-corrected chi connectivity index (χ4v) is 3.39. The van der Waals surface area contributed by atoms with Gasteiger partial charge in [0.05, 0.1) is 14.2 Å². The first-order chi connectivity index (χ1) is 9.98. The summed E-state index contributed by atoms with van der Waals surface area (Å²) in [4.78, 5) is 0.0840. The summed E-state index contributed by atoms with van der Waals surface area (Å²) in [6, 6.07) is 4.31. The van der Waals surface area contributed by atoms with E-state index in [4.69, 9.17) is 15.2 Å². The lowest BCUT2D eigenvalue weighted by atomic mass is 10.1. The topological polar surface area (TPSA) is 90.7 Å². The van der Waals surface area contributed by atoms with E-state index in [9.17, 15) is 8.42 Å². The first kappa shape index (κ1) is 17.7. The minimum atomic E-state index is -3.68. The van der Waals surface area contributed by atoms with Crippen molar-refractivity contribution in [3.05, 3.63) is 18.2 Å². The molecule has 0 bridgehead atoms. The van der Waals surface area contributed by atoms with Crippen LogP contribution in [0.15, 0.2) is 23.1 Å². The molecular formula is C14H24N2O4S. The van der Waals surface area contributed by atoms with Gasteiger partial charge in [0.25, 0.3) is 0 Å². The zero-order chi connectivity index (χ0) is 15.9. The van der Waals surface area contributed by atoms with E-state index in [2.05, 4.69) is 11.6 Å². The zero-order valence-electron chi connectivity index (χ0n) is 12.8. The fourth-order valence-electron chi connectivity index (χ4n) is 1.96. The molecule has 0 aliphatic heterocycles. The van der Waals surface area contributed by atoms with Gasteiger partial charge in [0.2, 0.25) is 10.0 Å². The molecule has 0 saturated heterocycles. The molecule has 6 nitrogen and oxygen atoms in total. The number of ether oxygens (including phenoxy) is 2. The van der Waals surface area contributed by atoms with E-state index in [1.54, 1.807) is 6.07 Å². The number of methoxy groups -OCH3 is 2. The maximum Gasteiger partial charge on any atom is 0.244 e. The first-order valence-corrected chi connectivity index (χ1v) is 8.41. The van der Waals surface area contributed by atoms with E-state index in [0.717, 1.165) is 12.8 Å². The number of unbranched alkanes of at least 4 members (excludes halogenated alkanes) is 1. The van der Waals surface area contributed by atoms with Gasteiger partial charge in [-0.3, -0.25) is 0 Å². The SMILES string of the molecule is CCCCC(CN)NS(=O)(=O)c1ccc(OC)cc1OC. The van der Waals surface area contributed by atoms with Crippen LogP contribution in [0, 0.1) is 0 Å². The molecule has 0 aliphatic carbocycles. The van der Waals surface area contributed by atoms with Crippen LogP contribution in [0.5, 0.6) is 11.5 Å². The zero-order valence-corrected chi connectivity index (χ0v) is 13.6. The first-order valence-electron chi connectivity index (χ1n) is 6.92. The Labute approximate surface area is 126 Å². The van der Waals surface area contributed by atoms with Crippen molar-refractivity contribution in [2.45, 2.75) is 37.1 Å². The summed E-state index contributed by atoms with van der Waals surface area (Å²) in [5.74, 6) is 0.778. The van der Waals surface area contributed by atoms with Gasteiger partial charge in [0.1, 0.15) is 16.4 Å². The van der Waals surface area contributed by atoms with E-state index < -0.39 is 10.0 Å². The van der Waals surface area contributed by atoms with Gasteiger partial charge in [0.15, 0.2) is 0 Å². The highest BCUT2D eigenvalue weighted by Gasteiger charge is 2.23. The van der Waals surface area contributed by atoms with Crippen LogP contribution in [0.3, 0.4) is 0 Å². The summed E-state index contributed by atoms with van der Waals surface area (Å²) in [5.41, 5.74) is 5.64. The third-order valence-electron chi connectivity index (χ3n) is 3.17. The highest BCUT2D eigenvalue weighted by atomic mass is 32.2. The van der Waals surface area contributed by atoms with Crippen molar-refractivity contribution in [3.8, 4) is 11.5 Å². The lowest BCUT2D eigenvalue weighted by molar-refractivity contribution is 0.385. The standard InChI is InChI=1S/C14H24N2O4S/c1-4-5-6-11(10-15)16-21(17,18)14-8-7-12(19-2)9-13(14)20-3/h7-9,11,16H,4-6,10,15H2,1-3H3. The van der Waals surface area contributed by atoms with Crippen molar-refractivity contribution in [2.24, 2.45) is 5.73 Å². The molecule has 0 aliphatic rings. The largest absolute Gasteiger partial charge is 0.497 e. The Hall–Kier alpha value is -1.31. The summed E-state index contributed by atoms with van der Waals surface area (Å²) in [6.07, 6.45) is 2.62. The van der Waals surface area contributed by atoms with Crippen molar-refractivity contribution in [3.63, 3.8) is 0 Å². The van der Waals surface area contributed by atoms with E-state index >= 15 is 0 Å². The molecule has 1 unspecified atom stereocenters. The van der Waals surface area contributed by atoms with Crippen LogP contribution in [0.2, 0.25) is 0 Å². The van der Waals surface area contributed by atoms with E-state index in [1.165, 1.54) is 26.4 Å². The molecule has 1 aromatic carbocycles. The Balaban J connectivity index is 3.01. The summed E-state index contributed by atoms with van der Waals surface area (Å²) in [6.45, 7) is 2.31. The summed E-state index contributed by atoms with van der Waals surface area (Å²) >= 11 is 0. The third-order valence-corrected chi connectivity index (χ3v) is 4.73. The van der Waals surface area contributed by atoms with Crippen molar-refractivity contribution in [2.75, 3.05) is 20.8 Å². The Morgan fingerprint density at radius 3 is 2.52 bits per heavy atom. The Morgan fingerprint density at radius 2 is 2.00 bits per heavy atom. The molecule has 1 atom stereocenters. The molecule has 0 saturated carbocycles. The van der Waals surface area contributed by atoms with Gasteiger partial charge < -0.3 is 15.2 Å². The molecule has 0 amide bonds. The second-order valence-electron chi connectivity index (χ2n) is 4.71. The molecule has 0 heterocycles. The molecular weight excluding hydrogens is 292 g/mol. The van der Waals surface area contributed by atoms with Crippen molar-refractivity contribution >= 4 is 10.0 Å². The van der Waals surface area contributed by atoms with Crippen LogP contribution < -0.4 is 19.9 Å². The molecule has 3 N–H and O–H groups in total. The smallest absolute Gasteiger partial charge is 0.244 e. The van der Waals surface area contributed by atoms with Gasteiger partial charge >= 0.3 is 0 Å². The summed E-state index contributed by atoms with van der Waals surface area (Å²) in [7, 11) is -0.748. The quantitative estimate of drug-likeness (QED) is 0.720. The van der Waals surface area contributed by atoms with Crippen LogP contribution >= 0.6 is 0 Å². The van der Waals surface area contributed by atoms with Crippen molar-refractivity contribution in [1.29, 1.82) is 0 Å². The predicted octanol–water partition coefficient (Wildman–Crippen LogP) is 1.50. The monoisotopic (exact) mass is 316 g/mol. The van der Waals surface area contributed by atoms with Gasteiger partial charge in [-0.15, -0.1) is 0 Å². The lowest BCUT2D eigenvalue weighted by Crippen LogP contribution is -2.40. The number of sulfonamides is 1. The lowest BCUT2D eigenvalue weighted by Gasteiger charge is -2.18. The number of rotatable bonds is 9. The van der Waals surface area contributed by atoms with Crippen LogP contribution in [0.25, 0.3) is 0 Å². The molecule has 1 aromatic rings. The van der Waals surface area contributed by atoms with Crippen molar-refractivity contribution in [1.82, 2.24) is 4.72 Å². The van der Waals surface area contributed by atoms with Crippen molar-refractivity contribution < 1.29 is 17.9 Å². The number of hydrogen-bond acceptors (Lipinski definition) is 5. The molecule has 0 radical (unpaired) electrons. The molecule has 0 fully saturated rings. The van der Waals surface area contributed by atoms with E-state index in [0.29, 0.717) is 12.2 Å². The predicted molar refractivity (Wildman–Crippen MR) is 82.2 cm³/mol. The molecule has 120 valence electrons. The van der Waals surface area contributed by atoms with Crippen LogP contribution in [0.1, 0.15) is 26.2 Å². The second-order valence-corrected chi connectivity index (χ2v) is 6.40. The van der Waals surface area contributed by atoms with E-state index in [-0.39, 0.29) is 23.2 Å². The normalized spacial score (nSPS) is 13.0. The van der Waals surface area contributed by atoms with Gasteiger partial charge in [-0.2, -0.15) is 0 Å². The maximum atomic E-state index is 12.5. The van der Waals surface area contributed by atoms with Gasteiger partial charge in [-0.05, 0) is 18.6 Å². The second kappa shape index (κ2) is 8.21. The highest BCUT2D eigenvalue weighted by molar-refractivity contribution is 7.89. The molecule has 21 heavy (non-hydrogen) atoms. The third kappa shape index (κ3) is 4.87. The number of nitrogens with one attached hydrogen (secondary N) is 1. The number of nitrogens with two attached hydrogens (primary N) is 1. The minimum absolute atomic E-state index is 0.0840. The minimum Gasteiger partial charge on any atom is -0.497 e. The Morgan fingerprint density at radius 1 is 1.29 bits per heavy atom. The molecule has 1 rings (SSSR count). The summed E-state index contributed by atoms with van der Waals surface area (Å²) in [5, 5.41) is 0. The fraction of sp³-hybridized carbons (Fsp3) is 0.571. The average molecular weight is 316 g/mol. The Bertz CT molecular complexity index is 546.